The number of amides is 1. The molecule has 1 heterocycles. The average molecular weight is 390 g/mol. The van der Waals surface area contributed by atoms with Crippen molar-refractivity contribution in [1.29, 1.82) is 0 Å². The van der Waals surface area contributed by atoms with E-state index in [0.717, 1.165) is 9.33 Å². The topological polar surface area (TPSA) is 42.2 Å². The van der Waals surface area contributed by atoms with Crippen LogP contribution in [0.1, 0.15) is 23.0 Å². The highest BCUT2D eigenvalue weighted by atomic mass is 127. The lowest BCUT2D eigenvalue weighted by Crippen LogP contribution is -2.34. The highest BCUT2D eigenvalue weighted by Crippen LogP contribution is 2.19. The fraction of sp³-hybridized carbons (Fsp3) is 0.214. The van der Waals surface area contributed by atoms with Gasteiger partial charge in [0.1, 0.15) is 5.76 Å². The van der Waals surface area contributed by atoms with Crippen LogP contribution in [0.4, 0.5) is 0 Å². The summed E-state index contributed by atoms with van der Waals surface area (Å²) in [5.41, 5.74) is 0.611. The Hall–Kier alpha value is -1.01. The van der Waals surface area contributed by atoms with Crippen LogP contribution >= 0.6 is 34.2 Å². The quantitative estimate of drug-likeness (QED) is 0.806. The number of hydrogen-bond donors (Lipinski definition) is 1. The SMILES string of the molecule is CC(Cc1ccco1)NC(=O)c1ccc(Cl)c(I)c1. The molecule has 0 radical (unpaired) electrons. The summed E-state index contributed by atoms with van der Waals surface area (Å²) in [6.45, 7) is 1.95. The summed E-state index contributed by atoms with van der Waals surface area (Å²) in [5, 5.41) is 3.59. The third-order valence-electron chi connectivity index (χ3n) is 2.65. The first-order valence-corrected chi connectivity index (χ1v) is 7.30. The van der Waals surface area contributed by atoms with Crippen LogP contribution in [-0.4, -0.2) is 11.9 Å². The molecule has 0 fully saturated rings. The summed E-state index contributed by atoms with van der Waals surface area (Å²) in [7, 11) is 0. The molecule has 1 atom stereocenters. The number of hydrogen-bond acceptors (Lipinski definition) is 2. The minimum absolute atomic E-state index is 0.00647. The van der Waals surface area contributed by atoms with Gasteiger partial charge in [0.25, 0.3) is 5.91 Å². The molecular weight excluding hydrogens is 377 g/mol. The van der Waals surface area contributed by atoms with E-state index in [2.05, 4.69) is 27.9 Å². The Morgan fingerprint density at radius 2 is 2.26 bits per heavy atom. The minimum Gasteiger partial charge on any atom is -0.469 e. The molecule has 100 valence electrons. The molecule has 0 bridgehead atoms. The van der Waals surface area contributed by atoms with Crippen LogP contribution in [0.3, 0.4) is 0 Å². The van der Waals surface area contributed by atoms with Crippen LogP contribution in [0.5, 0.6) is 0 Å². The van der Waals surface area contributed by atoms with Crippen LogP contribution in [0.2, 0.25) is 5.02 Å². The van der Waals surface area contributed by atoms with Gasteiger partial charge in [0.2, 0.25) is 0 Å². The first-order chi connectivity index (χ1) is 9.06. The summed E-state index contributed by atoms with van der Waals surface area (Å²) >= 11 is 8.04. The van der Waals surface area contributed by atoms with Crippen molar-refractivity contribution in [2.75, 3.05) is 0 Å². The van der Waals surface area contributed by atoms with Gasteiger partial charge in [0.05, 0.1) is 11.3 Å². The van der Waals surface area contributed by atoms with Crippen LogP contribution in [0.25, 0.3) is 0 Å². The predicted molar refractivity (Wildman–Crippen MR) is 83.5 cm³/mol. The molecule has 1 unspecified atom stereocenters. The summed E-state index contributed by atoms with van der Waals surface area (Å²) in [6.07, 6.45) is 2.30. The number of nitrogens with one attached hydrogen (secondary N) is 1. The third kappa shape index (κ3) is 3.98. The van der Waals surface area contributed by atoms with Crippen molar-refractivity contribution < 1.29 is 9.21 Å². The molecule has 0 saturated heterocycles. The van der Waals surface area contributed by atoms with Crippen LogP contribution < -0.4 is 5.32 Å². The average Bonchev–Trinajstić information content (AvgIpc) is 2.85. The normalized spacial score (nSPS) is 12.2. The van der Waals surface area contributed by atoms with Crippen LogP contribution in [-0.2, 0) is 6.42 Å². The zero-order valence-electron chi connectivity index (χ0n) is 10.3. The van der Waals surface area contributed by atoms with Gasteiger partial charge in [0.15, 0.2) is 0 Å². The lowest BCUT2D eigenvalue weighted by Gasteiger charge is -2.12. The van der Waals surface area contributed by atoms with Gasteiger partial charge in [-0.2, -0.15) is 0 Å². The van der Waals surface area contributed by atoms with Gasteiger partial charge < -0.3 is 9.73 Å². The van der Waals surface area contributed by atoms with Gasteiger partial charge in [-0.15, -0.1) is 0 Å². The van der Waals surface area contributed by atoms with E-state index in [-0.39, 0.29) is 11.9 Å². The highest BCUT2D eigenvalue weighted by molar-refractivity contribution is 14.1. The lowest BCUT2D eigenvalue weighted by molar-refractivity contribution is 0.0939. The minimum atomic E-state index is -0.103. The third-order valence-corrected chi connectivity index (χ3v) is 4.19. The van der Waals surface area contributed by atoms with E-state index >= 15 is 0 Å². The maximum Gasteiger partial charge on any atom is 0.251 e. The number of rotatable bonds is 4. The molecule has 5 heteroatoms. The van der Waals surface area contributed by atoms with E-state index in [0.29, 0.717) is 17.0 Å². The standard InChI is InChI=1S/C14H13ClINO2/c1-9(7-11-3-2-6-19-11)17-14(18)10-4-5-12(15)13(16)8-10/h2-6,8-9H,7H2,1H3,(H,17,18). The van der Waals surface area contributed by atoms with E-state index in [1.165, 1.54) is 0 Å². The van der Waals surface area contributed by atoms with Crippen molar-refractivity contribution in [2.45, 2.75) is 19.4 Å². The Kier molecular flexibility index (Phi) is 4.87. The predicted octanol–water partition coefficient (Wildman–Crippen LogP) is 3.90. The smallest absolute Gasteiger partial charge is 0.251 e. The second-order valence-corrected chi connectivity index (χ2v) is 5.86. The van der Waals surface area contributed by atoms with Crippen molar-refractivity contribution in [3.8, 4) is 0 Å². The number of benzene rings is 1. The van der Waals surface area contributed by atoms with E-state index in [9.17, 15) is 4.79 Å². The van der Waals surface area contributed by atoms with Crippen molar-refractivity contribution >= 4 is 40.1 Å². The molecule has 2 rings (SSSR count). The maximum atomic E-state index is 12.1. The highest BCUT2D eigenvalue weighted by Gasteiger charge is 2.12. The van der Waals surface area contributed by atoms with Gasteiger partial charge >= 0.3 is 0 Å². The molecule has 1 amide bonds. The van der Waals surface area contributed by atoms with Crippen LogP contribution in [0.15, 0.2) is 41.0 Å². The van der Waals surface area contributed by atoms with Gasteiger partial charge in [0, 0.05) is 21.6 Å². The Labute approximate surface area is 130 Å². The number of carbonyl (C=O) groups excluding carboxylic acids is 1. The number of carbonyl (C=O) groups is 1. The zero-order valence-corrected chi connectivity index (χ0v) is 13.2. The molecule has 1 N–H and O–H groups in total. The second kappa shape index (κ2) is 6.43. The molecular formula is C14H13ClINO2. The van der Waals surface area contributed by atoms with Gasteiger partial charge in [-0.25, -0.2) is 0 Å². The molecule has 19 heavy (non-hydrogen) atoms. The summed E-state index contributed by atoms with van der Waals surface area (Å²) in [6, 6.07) is 8.97. The first kappa shape index (κ1) is 14.4. The van der Waals surface area contributed by atoms with Gasteiger partial charge in [-0.1, -0.05) is 11.6 Å². The molecule has 1 aromatic carbocycles. The molecule has 3 nitrogen and oxygen atoms in total. The Bertz CT molecular complexity index is 569. The summed E-state index contributed by atoms with van der Waals surface area (Å²) in [4.78, 5) is 12.1. The van der Waals surface area contributed by atoms with E-state index in [1.54, 1.807) is 24.5 Å². The zero-order chi connectivity index (χ0) is 13.8. The second-order valence-electron chi connectivity index (χ2n) is 4.29. The van der Waals surface area contributed by atoms with E-state index in [4.69, 9.17) is 16.0 Å². The van der Waals surface area contributed by atoms with Crippen LogP contribution in [0, 0.1) is 3.57 Å². The molecule has 1 aromatic heterocycles. The van der Waals surface area contributed by atoms with E-state index in [1.807, 2.05) is 19.1 Å². The fourth-order valence-corrected chi connectivity index (χ4v) is 2.36. The maximum absolute atomic E-state index is 12.1. The fourth-order valence-electron chi connectivity index (χ4n) is 1.73. The van der Waals surface area contributed by atoms with Gasteiger partial charge in [-0.3, -0.25) is 4.79 Å². The molecule has 0 spiro atoms. The molecule has 0 saturated carbocycles. The largest absolute Gasteiger partial charge is 0.469 e. The monoisotopic (exact) mass is 389 g/mol. The Morgan fingerprint density at radius 1 is 1.47 bits per heavy atom. The number of halogens is 2. The molecule has 0 aliphatic carbocycles. The summed E-state index contributed by atoms with van der Waals surface area (Å²) in [5.74, 6) is 0.757. The van der Waals surface area contributed by atoms with Crippen molar-refractivity contribution in [3.63, 3.8) is 0 Å². The molecule has 0 aliphatic rings. The Balaban J connectivity index is 1.98. The van der Waals surface area contributed by atoms with Crippen molar-refractivity contribution in [1.82, 2.24) is 5.32 Å². The van der Waals surface area contributed by atoms with Crippen molar-refractivity contribution in [2.24, 2.45) is 0 Å². The van der Waals surface area contributed by atoms with Gasteiger partial charge in [-0.05, 0) is 59.8 Å². The van der Waals surface area contributed by atoms with Crippen molar-refractivity contribution in [3.05, 3.63) is 56.5 Å². The lowest BCUT2D eigenvalue weighted by atomic mass is 10.1. The summed E-state index contributed by atoms with van der Waals surface area (Å²) < 4.78 is 6.12. The molecule has 2 aromatic rings. The molecule has 0 aliphatic heterocycles. The Morgan fingerprint density at radius 3 is 2.89 bits per heavy atom. The number of furan rings is 1. The first-order valence-electron chi connectivity index (χ1n) is 5.84. The van der Waals surface area contributed by atoms with E-state index < -0.39 is 0 Å².